The van der Waals surface area contributed by atoms with E-state index in [0.717, 1.165) is 18.6 Å². The zero-order valence-electron chi connectivity index (χ0n) is 24.2. The fourth-order valence-corrected chi connectivity index (χ4v) is 4.96. The zero-order chi connectivity index (χ0) is 30.5. The van der Waals surface area contributed by atoms with Gasteiger partial charge >= 0.3 is 6.18 Å². The van der Waals surface area contributed by atoms with Crippen LogP contribution in [0.5, 0.6) is 0 Å². The van der Waals surface area contributed by atoms with Crippen molar-refractivity contribution in [3.05, 3.63) is 58.7 Å². The Morgan fingerprint density at radius 1 is 1.15 bits per heavy atom. The van der Waals surface area contributed by atoms with Gasteiger partial charge in [0.15, 0.2) is 0 Å². The molecule has 11 heteroatoms. The molecule has 3 rings (SSSR count). The Balaban J connectivity index is 1.78. The molecule has 0 radical (unpaired) electrons. The topological polar surface area (TPSA) is 65.0 Å². The molecule has 2 aliphatic heterocycles. The van der Waals surface area contributed by atoms with E-state index >= 15 is 0 Å². The fourth-order valence-electron chi connectivity index (χ4n) is 4.96. The molecule has 0 aromatic heterocycles. The largest absolute Gasteiger partial charge is 0.416 e. The van der Waals surface area contributed by atoms with Gasteiger partial charge in [0.05, 0.1) is 5.56 Å². The number of nitrogens with one attached hydrogen (secondary N) is 1. The molecule has 0 bridgehead atoms. The number of allylic oxidation sites excluding steroid dienone is 1. The van der Waals surface area contributed by atoms with Gasteiger partial charge in [0.2, 0.25) is 11.8 Å². The Hall–Kier alpha value is -3.08. The Kier molecular flexibility index (Phi) is 10.5. The molecule has 1 fully saturated rings. The van der Waals surface area contributed by atoms with Gasteiger partial charge in [-0.3, -0.25) is 19.5 Å². The van der Waals surface area contributed by atoms with Crippen LogP contribution < -0.4 is 5.32 Å². The number of rotatable bonds is 9. The quantitative estimate of drug-likeness (QED) is 0.367. The lowest BCUT2D eigenvalue weighted by Crippen LogP contribution is -2.41. The van der Waals surface area contributed by atoms with Crippen LogP contribution in [-0.2, 0) is 28.2 Å². The summed E-state index contributed by atoms with van der Waals surface area (Å²) < 4.78 is 69.0. The first-order chi connectivity index (χ1) is 19.2. The van der Waals surface area contributed by atoms with Gasteiger partial charge < -0.3 is 10.2 Å². The minimum Gasteiger partial charge on any atom is -0.347 e. The lowest BCUT2D eigenvalue weighted by atomic mass is 9.91. The van der Waals surface area contributed by atoms with Gasteiger partial charge in [-0.15, -0.1) is 0 Å². The number of benzene rings is 1. The molecule has 226 valence electrons. The summed E-state index contributed by atoms with van der Waals surface area (Å²) in [6.07, 6.45) is 1.90. The number of piperidine rings is 1. The highest BCUT2D eigenvalue weighted by molar-refractivity contribution is 6.15. The van der Waals surface area contributed by atoms with Crippen molar-refractivity contribution in [2.45, 2.75) is 71.1 Å². The van der Waals surface area contributed by atoms with E-state index in [9.17, 15) is 31.5 Å². The first-order valence-corrected chi connectivity index (χ1v) is 14.0. The van der Waals surface area contributed by atoms with E-state index in [1.54, 1.807) is 20.2 Å². The normalized spacial score (nSPS) is 20.8. The van der Waals surface area contributed by atoms with Crippen molar-refractivity contribution >= 4 is 17.6 Å². The maximum absolute atomic E-state index is 14.6. The van der Waals surface area contributed by atoms with E-state index < -0.39 is 35.7 Å². The lowest BCUT2D eigenvalue weighted by molar-refractivity contribution is -0.138. The number of carbonyl (C=O) groups is 2. The average molecular weight is 583 g/mol. The van der Waals surface area contributed by atoms with Crippen LogP contribution in [-0.4, -0.2) is 60.7 Å². The van der Waals surface area contributed by atoms with Crippen molar-refractivity contribution in [1.29, 1.82) is 0 Å². The van der Waals surface area contributed by atoms with Crippen LogP contribution in [0.1, 0.15) is 63.1 Å². The smallest absolute Gasteiger partial charge is 0.347 e. The molecule has 2 heterocycles. The SMILES string of the molecule is CC[C@H](C)[C@H](N=C1NC(=O)C=C/C1=C\C1CCN(Cc2ccc(C(F)(F)F)cc2C(F)(F)CC)CC1)C(=O)N(C)C. The highest BCUT2D eigenvalue weighted by Gasteiger charge is 2.37. The van der Waals surface area contributed by atoms with E-state index in [-0.39, 0.29) is 35.8 Å². The highest BCUT2D eigenvalue weighted by atomic mass is 19.4. The first-order valence-electron chi connectivity index (χ1n) is 14.0. The van der Waals surface area contributed by atoms with Crippen LogP contribution >= 0.6 is 0 Å². The summed E-state index contributed by atoms with van der Waals surface area (Å²) in [5.41, 5.74) is -0.764. The van der Waals surface area contributed by atoms with Gasteiger partial charge in [0.1, 0.15) is 11.9 Å². The van der Waals surface area contributed by atoms with Crippen molar-refractivity contribution in [2.24, 2.45) is 16.8 Å². The average Bonchev–Trinajstić information content (AvgIpc) is 2.92. The summed E-state index contributed by atoms with van der Waals surface area (Å²) in [7, 11) is 3.33. The minimum absolute atomic E-state index is 0.0418. The van der Waals surface area contributed by atoms with E-state index in [2.05, 4.69) is 10.3 Å². The first kappa shape index (κ1) is 32.4. The summed E-state index contributed by atoms with van der Waals surface area (Å²) in [6, 6.07) is 1.95. The van der Waals surface area contributed by atoms with Crippen molar-refractivity contribution < 1.29 is 31.5 Å². The monoisotopic (exact) mass is 582 g/mol. The number of nitrogens with zero attached hydrogens (tertiary/aromatic N) is 3. The van der Waals surface area contributed by atoms with Gasteiger partial charge in [0.25, 0.3) is 5.92 Å². The van der Waals surface area contributed by atoms with Gasteiger partial charge in [-0.1, -0.05) is 39.3 Å². The molecule has 1 aromatic rings. The molecule has 2 amide bonds. The van der Waals surface area contributed by atoms with Crippen molar-refractivity contribution in [2.75, 3.05) is 27.2 Å². The Morgan fingerprint density at radius 2 is 1.80 bits per heavy atom. The number of amides is 2. The number of aliphatic imine (C=N–C) groups is 1. The van der Waals surface area contributed by atoms with Gasteiger partial charge in [-0.25, -0.2) is 8.78 Å². The third kappa shape index (κ3) is 8.24. The fraction of sp³-hybridized carbons (Fsp3) is 0.567. The maximum atomic E-state index is 14.6. The molecule has 1 aromatic carbocycles. The van der Waals surface area contributed by atoms with Crippen LogP contribution in [0.4, 0.5) is 22.0 Å². The number of alkyl halides is 5. The molecule has 0 spiro atoms. The van der Waals surface area contributed by atoms with Crippen LogP contribution in [0.15, 0.2) is 47.0 Å². The van der Waals surface area contributed by atoms with Crippen LogP contribution in [0.3, 0.4) is 0 Å². The number of likely N-dealkylation sites (tertiary alicyclic amines) is 1. The Morgan fingerprint density at radius 3 is 2.37 bits per heavy atom. The standard InChI is InChI=1S/C30H39F5N4O2/c1-6-19(3)26(28(41)38(4)5)37-27-21(9-11-25(40)36-27)16-20-12-14-39(15-13-20)18-22-8-10-23(30(33,34)35)17-24(22)29(31,32)7-2/h8-11,16-17,19-20,26H,6-7,12-15,18H2,1-5H3,(H,36,37,40)/b21-16+/t19-,26-/m0/s1. The van der Waals surface area contributed by atoms with Crippen LogP contribution in [0, 0.1) is 11.8 Å². The van der Waals surface area contributed by atoms with Crippen molar-refractivity contribution in [3.63, 3.8) is 0 Å². The second-order valence-corrected chi connectivity index (χ2v) is 11.0. The molecular formula is C30H39F5N4O2. The molecular weight excluding hydrogens is 543 g/mol. The number of amidine groups is 1. The second kappa shape index (κ2) is 13.3. The number of hydrogen-bond acceptors (Lipinski definition) is 4. The van der Waals surface area contributed by atoms with Gasteiger partial charge in [-0.2, -0.15) is 13.2 Å². The molecule has 1 N–H and O–H groups in total. The predicted molar refractivity (Wildman–Crippen MR) is 148 cm³/mol. The number of carbonyl (C=O) groups excluding carboxylic acids is 2. The van der Waals surface area contributed by atoms with E-state index in [0.29, 0.717) is 43.4 Å². The molecule has 2 atom stereocenters. The summed E-state index contributed by atoms with van der Waals surface area (Å²) in [5, 5.41) is 2.77. The highest BCUT2D eigenvalue weighted by Crippen LogP contribution is 2.39. The summed E-state index contributed by atoms with van der Waals surface area (Å²) in [6.45, 7) is 6.41. The number of likely N-dealkylation sites (N-methyl/N-ethyl adjacent to an activating group) is 1. The molecule has 6 nitrogen and oxygen atoms in total. The molecule has 41 heavy (non-hydrogen) atoms. The lowest BCUT2D eigenvalue weighted by Gasteiger charge is -2.32. The predicted octanol–water partition coefficient (Wildman–Crippen LogP) is 5.93. The van der Waals surface area contributed by atoms with Crippen LogP contribution in [0.25, 0.3) is 0 Å². The molecule has 1 saturated heterocycles. The second-order valence-electron chi connectivity index (χ2n) is 11.0. The number of halogens is 5. The molecule has 2 aliphatic rings. The third-order valence-electron chi connectivity index (χ3n) is 7.79. The van der Waals surface area contributed by atoms with Crippen molar-refractivity contribution in [3.8, 4) is 0 Å². The maximum Gasteiger partial charge on any atom is 0.416 e. The molecule has 0 aliphatic carbocycles. The van der Waals surface area contributed by atoms with Crippen LogP contribution in [0.2, 0.25) is 0 Å². The summed E-state index contributed by atoms with van der Waals surface area (Å²) in [5.74, 6) is -3.45. The summed E-state index contributed by atoms with van der Waals surface area (Å²) >= 11 is 0. The minimum atomic E-state index is -4.70. The number of hydrogen-bond donors (Lipinski definition) is 1. The Labute approximate surface area is 238 Å². The van der Waals surface area contributed by atoms with Gasteiger partial charge in [0, 0.05) is 44.3 Å². The molecule has 0 saturated carbocycles. The zero-order valence-corrected chi connectivity index (χ0v) is 24.2. The van der Waals surface area contributed by atoms with Gasteiger partial charge in [-0.05, 0) is 61.5 Å². The molecule has 0 unspecified atom stereocenters. The van der Waals surface area contributed by atoms with E-state index in [4.69, 9.17) is 0 Å². The third-order valence-corrected chi connectivity index (χ3v) is 7.79. The summed E-state index contributed by atoms with van der Waals surface area (Å²) in [4.78, 5) is 33.1. The Bertz CT molecular complexity index is 1200. The van der Waals surface area contributed by atoms with E-state index in [1.165, 1.54) is 17.9 Å². The van der Waals surface area contributed by atoms with E-state index in [1.807, 2.05) is 24.8 Å². The van der Waals surface area contributed by atoms with Crippen molar-refractivity contribution in [1.82, 2.24) is 15.1 Å².